The first-order chi connectivity index (χ1) is 17.6. The predicted molar refractivity (Wildman–Crippen MR) is 141 cm³/mol. The number of carbonyl (C=O) groups is 2. The van der Waals surface area contributed by atoms with Crippen molar-refractivity contribution in [3.63, 3.8) is 0 Å². The van der Waals surface area contributed by atoms with E-state index in [2.05, 4.69) is 5.32 Å². The van der Waals surface area contributed by atoms with Crippen molar-refractivity contribution in [3.05, 3.63) is 72.4 Å². The molecular formula is C29H36N4O3. The number of benzene rings is 2. The summed E-state index contributed by atoms with van der Waals surface area (Å²) in [4.78, 5) is 28.2. The molecule has 0 saturated carbocycles. The highest BCUT2D eigenvalue weighted by Crippen LogP contribution is 2.29. The Hall–Kier alpha value is -3.45. The van der Waals surface area contributed by atoms with Crippen molar-refractivity contribution in [1.82, 2.24) is 20.0 Å². The molecule has 36 heavy (non-hydrogen) atoms. The largest absolute Gasteiger partial charge is 0.382 e. The molecule has 4 rings (SSSR count). The van der Waals surface area contributed by atoms with E-state index in [-0.39, 0.29) is 23.7 Å². The second-order valence-corrected chi connectivity index (χ2v) is 9.30. The lowest BCUT2D eigenvalue weighted by atomic mass is 9.84. The number of hydrogen-bond donors (Lipinski definition) is 1. The highest BCUT2D eigenvalue weighted by atomic mass is 16.5. The normalized spacial score (nSPS) is 15.0. The molecular weight excluding hydrogens is 452 g/mol. The number of nitrogens with zero attached hydrogens (tertiary/aromatic N) is 3. The van der Waals surface area contributed by atoms with Gasteiger partial charge in [-0.05, 0) is 44.2 Å². The molecule has 1 aliphatic heterocycles. The molecule has 2 heterocycles. The lowest BCUT2D eigenvalue weighted by molar-refractivity contribution is -0.126. The standard InChI is InChI=1S/C29H36N4O3/c1-3-36-20-10-17-30-28(34)22(2)23-15-18-32(19-16-23)29(35)26-21-33(25-13-8-5-9-14-25)31-27(26)24-11-6-4-7-12-24/h4-9,11-14,21-23H,3,10,15-20H2,1-2H3,(H,30,34)/t22-/m0/s1. The van der Waals surface area contributed by atoms with Crippen LogP contribution >= 0.6 is 0 Å². The van der Waals surface area contributed by atoms with Crippen molar-refractivity contribution in [3.8, 4) is 16.9 Å². The van der Waals surface area contributed by atoms with Crippen LogP contribution in [0.5, 0.6) is 0 Å². The van der Waals surface area contributed by atoms with E-state index in [1.807, 2.05) is 85.6 Å². The molecule has 7 heteroatoms. The Morgan fingerprint density at radius 3 is 2.39 bits per heavy atom. The number of likely N-dealkylation sites (tertiary alicyclic amines) is 1. The monoisotopic (exact) mass is 488 g/mol. The zero-order valence-electron chi connectivity index (χ0n) is 21.2. The van der Waals surface area contributed by atoms with Gasteiger partial charge >= 0.3 is 0 Å². The number of aromatic nitrogens is 2. The third kappa shape index (κ3) is 6.21. The summed E-state index contributed by atoms with van der Waals surface area (Å²) >= 11 is 0. The number of piperidine rings is 1. The molecule has 0 unspecified atom stereocenters. The Kier molecular flexibility index (Phi) is 8.90. The summed E-state index contributed by atoms with van der Waals surface area (Å²) in [5.41, 5.74) is 3.11. The first-order valence-electron chi connectivity index (χ1n) is 12.9. The first-order valence-corrected chi connectivity index (χ1v) is 12.9. The van der Waals surface area contributed by atoms with E-state index in [9.17, 15) is 9.59 Å². The zero-order valence-corrected chi connectivity index (χ0v) is 21.2. The van der Waals surface area contributed by atoms with E-state index in [0.29, 0.717) is 44.1 Å². The van der Waals surface area contributed by atoms with Gasteiger partial charge in [0.05, 0.1) is 11.3 Å². The van der Waals surface area contributed by atoms with E-state index in [1.165, 1.54) is 0 Å². The van der Waals surface area contributed by atoms with E-state index >= 15 is 0 Å². The van der Waals surface area contributed by atoms with E-state index in [1.54, 1.807) is 4.68 Å². The van der Waals surface area contributed by atoms with Crippen LogP contribution in [0.1, 0.15) is 43.5 Å². The molecule has 2 amide bonds. The Bertz CT molecular complexity index is 1120. The maximum absolute atomic E-state index is 13.7. The number of carbonyl (C=O) groups excluding carboxylic acids is 2. The van der Waals surface area contributed by atoms with Crippen LogP contribution in [0.25, 0.3) is 16.9 Å². The summed E-state index contributed by atoms with van der Waals surface area (Å²) in [6, 6.07) is 19.7. The average Bonchev–Trinajstić information content (AvgIpc) is 3.39. The summed E-state index contributed by atoms with van der Waals surface area (Å²) in [5, 5.41) is 7.82. The van der Waals surface area contributed by atoms with Gasteiger partial charge in [0.25, 0.3) is 5.91 Å². The summed E-state index contributed by atoms with van der Waals surface area (Å²) in [6.45, 7) is 7.23. The fraction of sp³-hybridized carbons (Fsp3) is 0.414. The number of hydrogen-bond acceptors (Lipinski definition) is 4. The minimum absolute atomic E-state index is 0.0116. The topological polar surface area (TPSA) is 76.5 Å². The molecule has 1 atom stereocenters. The third-order valence-corrected chi connectivity index (χ3v) is 6.93. The van der Waals surface area contributed by atoms with Gasteiger partial charge < -0.3 is 15.0 Å². The molecule has 1 N–H and O–H groups in total. The Labute approximate surface area is 213 Å². The first kappa shape index (κ1) is 25.6. The molecule has 0 spiro atoms. The van der Waals surface area contributed by atoms with Crippen LogP contribution in [0.2, 0.25) is 0 Å². The van der Waals surface area contributed by atoms with Crippen molar-refractivity contribution >= 4 is 11.8 Å². The van der Waals surface area contributed by atoms with Crippen molar-refractivity contribution in [2.75, 3.05) is 32.8 Å². The van der Waals surface area contributed by atoms with Crippen LogP contribution in [-0.4, -0.2) is 59.3 Å². The average molecular weight is 489 g/mol. The zero-order chi connectivity index (χ0) is 25.3. The van der Waals surface area contributed by atoms with Gasteiger partial charge in [0, 0.05) is 50.5 Å². The minimum atomic E-state index is -0.0740. The van der Waals surface area contributed by atoms with Gasteiger partial charge in [-0.1, -0.05) is 55.5 Å². The molecule has 0 bridgehead atoms. The Morgan fingerprint density at radius 1 is 1.06 bits per heavy atom. The molecule has 0 radical (unpaired) electrons. The highest BCUT2D eigenvalue weighted by Gasteiger charge is 2.31. The summed E-state index contributed by atoms with van der Waals surface area (Å²) in [5.74, 6) is 0.269. The number of rotatable bonds is 10. The van der Waals surface area contributed by atoms with Crippen LogP contribution in [0.4, 0.5) is 0 Å². The van der Waals surface area contributed by atoms with E-state index < -0.39 is 0 Å². The minimum Gasteiger partial charge on any atom is -0.382 e. The van der Waals surface area contributed by atoms with Gasteiger partial charge in [-0.2, -0.15) is 5.10 Å². The van der Waals surface area contributed by atoms with Gasteiger partial charge in [0.2, 0.25) is 5.91 Å². The van der Waals surface area contributed by atoms with Gasteiger partial charge in [-0.3, -0.25) is 9.59 Å². The lowest BCUT2D eigenvalue weighted by Crippen LogP contribution is -2.43. The molecule has 1 saturated heterocycles. The molecule has 3 aromatic rings. The fourth-order valence-corrected chi connectivity index (χ4v) is 4.73. The lowest BCUT2D eigenvalue weighted by Gasteiger charge is -2.34. The quantitative estimate of drug-likeness (QED) is 0.424. The van der Waals surface area contributed by atoms with Crippen molar-refractivity contribution in [2.45, 2.75) is 33.1 Å². The summed E-state index contributed by atoms with van der Waals surface area (Å²) in [6.07, 6.45) is 4.28. The van der Waals surface area contributed by atoms with Crippen LogP contribution in [0.15, 0.2) is 66.9 Å². The molecule has 0 aliphatic carbocycles. The van der Waals surface area contributed by atoms with Crippen molar-refractivity contribution < 1.29 is 14.3 Å². The number of para-hydroxylation sites is 1. The number of nitrogens with one attached hydrogen (secondary N) is 1. The van der Waals surface area contributed by atoms with Crippen LogP contribution in [0, 0.1) is 11.8 Å². The van der Waals surface area contributed by atoms with Crippen LogP contribution < -0.4 is 5.32 Å². The molecule has 1 fully saturated rings. The molecule has 7 nitrogen and oxygen atoms in total. The number of amides is 2. The molecule has 2 aromatic carbocycles. The van der Waals surface area contributed by atoms with Gasteiger partial charge in [0.15, 0.2) is 0 Å². The Morgan fingerprint density at radius 2 is 1.72 bits per heavy atom. The summed E-state index contributed by atoms with van der Waals surface area (Å²) in [7, 11) is 0. The second-order valence-electron chi connectivity index (χ2n) is 9.30. The van der Waals surface area contributed by atoms with Gasteiger partial charge in [-0.15, -0.1) is 0 Å². The van der Waals surface area contributed by atoms with Crippen molar-refractivity contribution in [2.24, 2.45) is 11.8 Å². The smallest absolute Gasteiger partial charge is 0.257 e. The van der Waals surface area contributed by atoms with Crippen molar-refractivity contribution in [1.29, 1.82) is 0 Å². The van der Waals surface area contributed by atoms with E-state index in [0.717, 1.165) is 30.5 Å². The van der Waals surface area contributed by atoms with E-state index in [4.69, 9.17) is 9.84 Å². The molecule has 1 aromatic heterocycles. The van der Waals surface area contributed by atoms with Gasteiger partial charge in [-0.25, -0.2) is 4.68 Å². The van der Waals surface area contributed by atoms with Crippen LogP contribution in [0.3, 0.4) is 0 Å². The summed E-state index contributed by atoms with van der Waals surface area (Å²) < 4.78 is 7.11. The SMILES string of the molecule is CCOCCCNC(=O)[C@@H](C)C1CCN(C(=O)c2cn(-c3ccccc3)nc2-c2ccccc2)CC1. The molecule has 190 valence electrons. The van der Waals surface area contributed by atoms with Crippen LogP contribution in [-0.2, 0) is 9.53 Å². The molecule has 1 aliphatic rings. The predicted octanol–water partition coefficient (Wildman–Crippen LogP) is 4.57. The Balaban J connectivity index is 1.42. The van der Waals surface area contributed by atoms with Gasteiger partial charge in [0.1, 0.15) is 5.69 Å². The fourth-order valence-electron chi connectivity index (χ4n) is 4.73. The maximum Gasteiger partial charge on any atom is 0.257 e. The maximum atomic E-state index is 13.7. The number of ether oxygens (including phenoxy) is 1. The third-order valence-electron chi connectivity index (χ3n) is 6.93. The second kappa shape index (κ2) is 12.5. The highest BCUT2D eigenvalue weighted by molar-refractivity contribution is 6.00.